The standard InChI is InChI=1S/C24H24N4O3S/c29-18-8-6-16(7-9-18)12-19-24(31)28-11-10-27(13-21(28)23(30)26-19)14-22-25-20(15-32-22)17-4-2-1-3-5-17/h1-9,15,19,21,29H,10-14H2,(H,26,30)/t19-,21-/m1/s1. The number of phenols is 1. The number of fused-ring (bicyclic) bond motifs is 1. The van der Waals surface area contributed by atoms with Crippen molar-refractivity contribution in [3.63, 3.8) is 0 Å². The van der Waals surface area contributed by atoms with Crippen molar-refractivity contribution >= 4 is 23.2 Å². The van der Waals surface area contributed by atoms with Crippen molar-refractivity contribution in [2.24, 2.45) is 0 Å². The van der Waals surface area contributed by atoms with Gasteiger partial charge in [0.15, 0.2) is 0 Å². The Morgan fingerprint density at radius 1 is 1.06 bits per heavy atom. The molecule has 0 radical (unpaired) electrons. The maximum Gasteiger partial charge on any atom is 0.246 e. The van der Waals surface area contributed by atoms with Gasteiger partial charge in [0.1, 0.15) is 22.8 Å². The van der Waals surface area contributed by atoms with E-state index in [0.29, 0.717) is 32.6 Å². The van der Waals surface area contributed by atoms with Crippen LogP contribution in [-0.2, 0) is 22.6 Å². The lowest BCUT2D eigenvalue weighted by Crippen LogP contribution is -2.69. The van der Waals surface area contributed by atoms with Gasteiger partial charge in [-0.25, -0.2) is 4.98 Å². The normalized spacial score (nSPS) is 21.3. The van der Waals surface area contributed by atoms with E-state index >= 15 is 0 Å². The van der Waals surface area contributed by atoms with Crippen molar-refractivity contribution in [2.75, 3.05) is 19.6 Å². The molecular weight excluding hydrogens is 424 g/mol. The lowest BCUT2D eigenvalue weighted by atomic mass is 9.98. The molecule has 0 aliphatic carbocycles. The van der Waals surface area contributed by atoms with E-state index in [9.17, 15) is 14.7 Å². The first-order valence-corrected chi connectivity index (χ1v) is 11.6. The third kappa shape index (κ3) is 4.24. The zero-order valence-electron chi connectivity index (χ0n) is 17.5. The quantitative estimate of drug-likeness (QED) is 0.626. The molecular formula is C24H24N4O3S. The zero-order valence-corrected chi connectivity index (χ0v) is 18.3. The molecule has 1 aromatic heterocycles. The highest BCUT2D eigenvalue weighted by Gasteiger charge is 2.43. The van der Waals surface area contributed by atoms with E-state index in [1.807, 2.05) is 30.3 Å². The second-order valence-corrected chi connectivity index (χ2v) is 9.15. The summed E-state index contributed by atoms with van der Waals surface area (Å²) in [6.07, 6.45) is 0.416. The van der Waals surface area contributed by atoms with Crippen LogP contribution in [0.25, 0.3) is 11.3 Å². The van der Waals surface area contributed by atoms with Crippen molar-refractivity contribution in [1.82, 2.24) is 20.1 Å². The molecule has 8 heteroatoms. The van der Waals surface area contributed by atoms with Crippen LogP contribution < -0.4 is 5.32 Å². The maximum atomic E-state index is 13.0. The van der Waals surface area contributed by atoms with Gasteiger partial charge in [0.2, 0.25) is 11.8 Å². The van der Waals surface area contributed by atoms with Gasteiger partial charge in [-0.3, -0.25) is 14.5 Å². The number of aromatic nitrogens is 1. The van der Waals surface area contributed by atoms with E-state index in [1.165, 1.54) is 0 Å². The van der Waals surface area contributed by atoms with Crippen LogP contribution in [0.4, 0.5) is 0 Å². The molecule has 0 spiro atoms. The summed E-state index contributed by atoms with van der Waals surface area (Å²) >= 11 is 1.62. The van der Waals surface area contributed by atoms with Gasteiger partial charge in [0, 0.05) is 37.0 Å². The monoisotopic (exact) mass is 448 g/mol. The number of phenolic OH excluding ortho intramolecular Hbond substituents is 1. The molecule has 0 saturated carbocycles. The van der Waals surface area contributed by atoms with Crippen LogP contribution in [0.3, 0.4) is 0 Å². The first-order valence-electron chi connectivity index (χ1n) is 10.7. The molecule has 3 aromatic rings. The molecule has 32 heavy (non-hydrogen) atoms. The number of rotatable bonds is 5. The van der Waals surface area contributed by atoms with Gasteiger partial charge in [-0.15, -0.1) is 11.3 Å². The summed E-state index contributed by atoms with van der Waals surface area (Å²) in [5.41, 5.74) is 2.96. The molecule has 0 unspecified atom stereocenters. The fourth-order valence-corrected chi connectivity index (χ4v) is 5.17. The lowest BCUT2D eigenvalue weighted by Gasteiger charge is -2.45. The van der Waals surface area contributed by atoms with Crippen molar-refractivity contribution in [1.29, 1.82) is 0 Å². The minimum Gasteiger partial charge on any atom is -0.508 e. The van der Waals surface area contributed by atoms with E-state index in [1.54, 1.807) is 40.5 Å². The Morgan fingerprint density at radius 3 is 2.62 bits per heavy atom. The Kier molecular flexibility index (Phi) is 5.63. The highest BCUT2D eigenvalue weighted by molar-refractivity contribution is 7.09. The summed E-state index contributed by atoms with van der Waals surface area (Å²) in [4.78, 5) is 34.5. The summed E-state index contributed by atoms with van der Waals surface area (Å²) in [5.74, 6) is 0.0326. The third-order valence-electron chi connectivity index (χ3n) is 6.02. The number of nitrogens with zero attached hydrogens (tertiary/aromatic N) is 3. The van der Waals surface area contributed by atoms with E-state index < -0.39 is 12.1 Å². The fraction of sp³-hybridized carbons (Fsp3) is 0.292. The van der Waals surface area contributed by atoms with Gasteiger partial charge in [0.05, 0.1) is 12.2 Å². The highest BCUT2D eigenvalue weighted by Crippen LogP contribution is 2.24. The maximum absolute atomic E-state index is 13.0. The van der Waals surface area contributed by atoms with Gasteiger partial charge >= 0.3 is 0 Å². The summed E-state index contributed by atoms with van der Waals surface area (Å²) < 4.78 is 0. The molecule has 2 fully saturated rings. The summed E-state index contributed by atoms with van der Waals surface area (Å²) in [6.45, 7) is 2.41. The summed E-state index contributed by atoms with van der Waals surface area (Å²) in [6, 6.07) is 15.8. The Hall–Kier alpha value is -3.23. The van der Waals surface area contributed by atoms with Gasteiger partial charge in [-0.05, 0) is 17.7 Å². The molecule has 2 amide bonds. The number of hydrogen-bond donors (Lipinski definition) is 2. The van der Waals surface area contributed by atoms with Gasteiger partial charge < -0.3 is 15.3 Å². The predicted molar refractivity (Wildman–Crippen MR) is 122 cm³/mol. The minimum absolute atomic E-state index is 0.0389. The van der Waals surface area contributed by atoms with Crippen LogP contribution in [-0.4, -0.2) is 63.4 Å². The van der Waals surface area contributed by atoms with Crippen molar-refractivity contribution in [2.45, 2.75) is 25.0 Å². The molecule has 5 rings (SSSR count). The van der Waals surface area contributed by atoms with Crippen molar-refractivity contribution < 1.29 is 14.7 Å². The van der Waals surface area contributed by atoms with Crippen LogP contribution in [0.5, 0.6) is 5.75 Å². The average molecular weight is 449 g/mol. The smallest absolute Gasteiger partial charge is 0.246 e. The number of carbonyl (C=O) groups is 2. The van der Waals surface area contributed by atoms with Crippen LogP contribution in [0.1, 0.15) is 10.6 Å². The van der Waals surface area contributed by atoms with Crippen molar-refractivity contribution in [3.8, 4) is 17.0 Å². The number of aromatic hydroxyl groups is 1. The molecule has 7 nitrogen and oxygen atoms in total. The Labute approximate surface area is 190 Å². The molecule has 3 heterocycles. The van der Waals surface area contributed by atoms with E-state index in [4.69, 9.17) is 4.98 Å². The third-order valence-corrected chi connectivity index (χ3v) is 6.85. The van der Waals surface area contributed by atoms with E-state index in [-0.39, 0.29) is 17.6 Å². The molecule has 0 bridgehead atoms. The number of amides is 2. The molecule has 2 aromatic carbocycles. The largest absolute Gasteiger partial charge is 0.508 e. The minimum atomic E-state index is -0.567. The first kappa shape index (κ1) is 20.7. The molecule has 2 aliphatic rings. The highest BCUT2D eigenvalue weighted by atomic mass is 32.1. The summed E-state index contributed by atoms with van der Waals surface area (Å²) in [7, 11) is 0. The second-order valence-electron chi connectivity index (χ2n) is 8.21. The second kappa shape index (κ2) is 8.72. The molecule has 2 saturated heterocycles. The van der Waals surface area contributed by atoms with E-state index in [0.717, 1.165) is 21.8 Å². The van der Waals surface area contributed by atoms with Crippen LogP contribution in [0.15, 0.2) is 60.0 Å². The SMILES string of the molecule is O=C1N[C@H](Cc2ccc(O)cc2)C(=O)N2CCN(Cc3nc(-c4ccccc4)cs3)C[C@H]12. The molecule has 2 N–H and O–H groups in total. The topological polar surface area (TPSA) is 85.8 Å². The van der Waals surface area contributed by atoms with Gasteiger partial charge in [-0.2, -0.15) is 0 Å². The average Bonchev–Trinajstić information content (AvgIpc) is 3.28. The van der Waals surface area contributed by atoms with Gasteiger partial charge in [-0.1, -0.05) is 42.5 Å². The van der Waals surface area contributed by atoms with Crippen LogP contribution in [0, 0.1) is 0 Å². The van der Waals surface area contributed by atoms with Crippen LogP contribution in [0.2, 0.25) is 0 Å². The summed E-state index contributed by atoms with van der Waals surface area (Å²) in [5, 5.41) is 15.4. The lowest BCUT2D eigenvalue weighted by molar-refractivity contribution is -0.153. The Balaban J connectivity index is 1.22. The predicted octanol–water partition coefficient (Wildman–Crippen LogP) is 2.27. The van der Waals surface area contributed by atoms with Crippen molar-refractivity contribution in [3.05, 3.63) is 70.5 Å². The fourth-order valence-electron chi connectivity index (χ4n) is 4.32. The zero-order chi connectivity index (χ0) is 22.1. The Bertz CT molecular complexity index is 1120. The molecule has 164 valence electrons. The first-order chi connectivity index (χ1) is 15.6. The van der Waals surface area contributed by atoms with Crippen LogP contribution >= 0.6 is 11.3 Å². The number of piperazine rings is 2. The number of thiazole rings is 1. The number of carbonyl (C=O) groups excluding carboxylic acids is 2. The number of nitrogens with one attached hydrogen (secondary N) is 1. The number of hydrogen-bond acceptors (Lipinski definition) is 6. The Morgan fingerprint density at radius 2 is 1.84 bits per heavy atom. The molecule has 2 atom stereocenters. The molecule has 2 aliphatic heterocycles. The van der Waals surface area contributed by atoms with Gasteiger partial charge in [0.25, 0.3) is 0 Å². The van der Waals surface area contributed by atoms with E-state index in [2.05, 4.69) is 15.6 Å². The number of benzene rings is 2.